The van der Waals surface area contributed by atoms with Gasteiger partial charge in [-0.1, -0.05) is 48.9 Å². The van der Waals surface area contributed by atoms with Crippen molar-refractivity contribution in [1.29, 1.82) is 0 Å². The van der Waals surface area contributed by atoms with Crippen molar-refractivity contribution in [2.45, 2.75) is 62.7 Å². The Hall–Kier alpha value is -3.28. The zero-order valence-corrected chi connectivity index (χ0v) is 20.9. The highest BCUT2D eigenvalue weighted by Gasteiger charge is 2.41. The summed E-state index contributed by atoms with van der Waals surface area (Å²) < 4.78 is 6.50. The van der Waals surface area contributed by atoms with Crippen LogP contribution in [0, 0.1) is 0 Å². The third-order valence-corrected chi connectivity index (χ3v) is 7.98. The van der Waals surface area contributed by atoms with Crippen LogP contribution in [0.4, 0.5) is 5.69 Å². The van der Waals surface area contributed by atoms with E-state index in [1.165, 1.54) is 11.1 Å². The molecule has 6 nitrogen and oxygen atoms in total. The van der Waals surface area contributed by atoms with Crippen molar-refractivity contribution in [3.05, 3.63) is 71.3 Å². The number of benzene rings is 2. The minimum absolute atomic E-state index is 0.0832. The summed E-state index contributed by atoms with van der Waals surface area (Å²) >= 11 is 0. The maximum absolute atomic E-state index is 12.5. The van der Waals surface area contributed by atoms with Crippen molar-refractivity contribution in [1.82, 2.24) is 5.32 Å². The largest absolute Gasteiger partial charge is 0.490 e. The number of nitrogens with one attached hydrogen (secondary N) is 1. The van der Waals surface area contributed by atoms with Gasteiger partial charge in [0, 0.05) is 31.5 Å². The van der Waals surface area contributed by atoms with Gasteiger partial charge in [-0.3, -0.25) is 9.59 Å². The lowest BCUT2D eigenvalue weighted by Crippen LogP contribution is -2.46. The monoisotopic (exact) mass is 488 g/mol. The molecule has 36 heavy (non-hydrogen) atoms. The zero-order valence-electron chi connectivity index (χ0n) is 20.9. The Labute approximate surface area is 213 Å². The van der Waals surface area contributed by atoms with Crippen LogP contribution >= 0.6 is 0 Å². The number of carboxylic acid groups (broad SMARTS) is 1. The Morgan fingerprint density at radius 3 is 2.86 bits per heavy atom. The third kappa shape index (κ3) is 5.13. The second-order valence-electron chi connectivity index (χ2n) is 10.4. The van der Waals surface area contributed by atoms with E-state index in [4.69, 9.17) is 4.74 Å². The van der Waals surface area contributed by atoms with E-state index >= 15 is 0 Å². The Morgan fingerprint density at radius 1 is 1.08 bits per heavy atom. The number of aryl methyl sites for hydroxylation is 1. The number of amides is 1. The molecule has 0 radical (unpaired) electrons. The Bertz CT molecular complexity index is 1140. The highest BCUT2D eigenvalue weighted by Crippen LogP contribution is 2.44. The lowest BCUT2D eigenvalue weighted by Gasteiger charge is -2.40. The van der Waals surface area contributed by atoms with E-state index in [0.29, 0.717) is 18.7 Å². The van der Waals surface area contributed by atoms with Gasteiger partial charge in [-0.15, -0.1) is 0 Å². The van der Waals surface area contributed by atoms with Crippen molar-refractivity contribution in [3.8, 4) is 5.75 Å². The lowest BCUT2D eigenvalue weighted by molar-refractivity contribution is -0.140. The van der Waals surface area contributed by atoms with Crippen LogP contribution in [0.25, 0.3) is 0 Å². The van der Waals surface area contributed by atoms with E-state index in [2.05, 4.69) is 40.6 Å². The highest BCUT2D eigenvalue weighted by molar-refractivity contribution is 5.86. The van der Waals surface area contributed by atoms with Gasteiger partial charge in [-0.2, -0.15) is 0 Å². The van der Waals surface area contributed by atoms with Crippen molar-refractivity contribution in [2.75, 3.05) is 31.1 Å². The summed E-state index contributed by atoms with van der Waals surface area (Å²) in [5.74, 6) is -1.33. The zero-order chi connectivity index (χ0) is 25.0. The molecule has 1 aliphatic carbocycles. The van der Waals surface area contributed by atoms with Crippen LogP contribution in [0.1, 0.15) is 67.6 Å². The molecule has 3 aliphatic rings. The van der Waals surface area contributed by atoms with E-state index in [1.807, 2.05) is 24.3 Å². The van der Waals surface area contributed by atoms with Gasteiger partial charge in [0.05, 0.1) is 18.2 Å². The van der Waals surface area contributed by atoms with Crippen LogP contribution in [0.5, 0.6) is 5.75 Å². The number of rotatable bonds is 1. The van der Waals surface area contributed by atoms with Crippen molar-refractivity contribution >= 4 is 17.6 Å². The molecule has 2 unspecified atom stereocenters. The maximum atomic E-state index is 12.5. The van der Waals surface area contributed by atoms with Gasteiger partial charge in [0.25, 0.3) is 0 Å². The predicted molar refractivity (Wildman–Crippen MR) is 141 cm³/mol. The van der Waals surface area contributed by atoms with Gasteiger partial charge >= 0.3 is 5.97 Å². The van der Waals surface area contributed by atoms with E-state index in [1.54, 1.807) is 0 Å². The van der Waals surface area contributed by atoms with E-state index in [9.17, 15) is 14.7 Å². The molecule has 0 aromatic heterocycles. The molecule has 2 aromatic carbocycles. The van der Waals surface area contributed by atoms with Gasteiger partial charge in [-0.25, -0.2) is 0 Å². The molecular weight excluding hydrogens is 452 g/mol. The predicted octanol–water partition coefficient (Wildman–Crippen LogP) is 4.96. The third-order valence-electron chi connectivity index (χ3n) is 7.98. The Kier molecular flexibility index (Phi) is 7.30. The SMILES string of the molecule is O=C1CC(C(=O)O)c2ccc3c(c2)N(CCCCCC=CCN1)CC1(CCCc2ccccc21)CO3. The van der Waals surface area contributed by atoms with Crippen LogP contribution in [-0.2, 0) is 21.4 Å². The Balaban J connectivity index is 1.53. The van der Waals surface area contributed by atoms with Gasteiger partial charge in [0.2, 0.25) is 5.91 Å². The number of hydrogen-bond acceptors (Lipinski definition) is 4. The molecular formula is C30H36N2O4. The van der Waals surface area contributed by atoms with E-state index in [-0.39, 0.29) is 17.7 Å². The molecule has 2 atom stereocenters. The molecule has 6 heteroatoms. The summed E-state index contributed by atoms with van der Waals surface area (Å²) in [5.41, 5.74) is 4.31. The summed E-state index contributed by atoms with van der Waals surface area (Å²) in [7, 11) is 0. The molecule has 0 fully saturated rings. The lowest BCUT2D eigenvalue weighted by atomic mass is 9.70. The van der Waals surface area contributed by atoms with Gasteiger partial charge in [0.1, 0.15) is 5.75 Å². The van der Waals surface area contributed by atoms with Crippen LogP contribution in [0.2, 0.25) is 0 Å². The number of carbonyl (C=O) groups is 2. The van der Waals surface area contributed by atoms with Gasteiger partial charge < -0.3 is 20.1 Å². The molecule has 2 heterocycles. The summed E-state index contributed by atoms with van der Waals surface area (Å²) in [6.45, 7) is 2.78. The molecule has 1 amide bonds. The van der Waals surface area contributed by atoms with Gasteiger partial charge in [0.15, 0.2) is 0 Å². The maximum Gasteiger partial charge on any atom is 0.311 e. The quantitative estimate of drug-likeness (QED) is 0.555. The molecule has 2 N–H and O–H groups in total. The molecule has 2 bridgehead atoms. The number of carbonyl (C=O) groups excluding carboxylic acids is 1. The second-order valence-corrected chi connectivity index (χ2v) is 10.4. The summed E-state index contributed by atoms with van der Waals surface area (Å²) in [4.78, 5) is 27.1. The number of fused-ring (bicyclic) bond motifs is 3. The highest BCUT2D eigenvalue weighted by atomic mass is 16.5. The van der Waals surface area contributed by atoms with Crippen LogP contribution < -0.4 is 15.0 Å². The molecule has 2 aliphatic heterocycles. The molecule has 5 rings (SSSR count). The van der Waals surface area contributed by atoms with E-state index in [0.717, 1.165) is 69.5 Å². The average Bonchev–Trinajstić information content (AvgIpc) is 3.03. The first-order chi connectivity index (χ1) is 17.6. The van der Waals surface area contributed by atoms with Crippen LogP contribution in [0.15, 0.2) is 54.6 Å². The van der Waals surface area contributed by atoms with Crippen LogP contribution in [-0.4, -0.2) is 43.2 Å². The Morgan fingerprint density at radius 2 is 1.97 bits per heavy atom. The summed E-state index contributed by atoms with van der Waals surface area (Å²) in [6.07, 6.45) is 11.6. The minimum Gasteiger partial charge on any atom is -0.490 e. The number of carboxylic acids is 1. The van der Waals surface area contributed by atoms with E-state index < -0.39 is 11.9 Å². The van der Waals surface area contributed by atoms with Crippen molar-refractivity contribution < 1.29 is 19.4 Å². The number of allylic oxidation sites excluding steroid dienone is 1. The molecule has 1 spiro atoms. The van der Waals surface area contributed by atoms with Crippen molar-refractivity contribution in [3.63, 3.8) is 0 Å². The average molecular weight is 489 g/mol. The molecule has 190 valence electrons. The fraction of sp³-hybridized carbons (Fsp3) is 0.467. The molecule has 2 aromatic rings. The first kappa shape index (κ1) is 24.4. The first-order valence-electron chi connectivity index (χ1n) is 13.3. The number of nitrogens with zero attached hydrogens (tertiary/aromatic N) is 1. The number of hydrogen-bond donors (Lipinski definition) is 2. The molecule has 0 saturated carbocycles. The number of anilines is 1. The van der Waals surface area contributed by atoms with Crippen molar-refractivity contribution in [2.24, 2.45) is 0 Å². The summed E-state index contributed by atoms with van der Waals surface area (Å²) in [6, 6.07) is 14.5. The number of aliphatic carboxylic acids is 1. The van der Waals surface area contributed by atoms with Gasteiger partial charge in [-0.05, 0) is 67.3 Å². The standard InChI is InChI=1S/C30H36N2O4/c33-28-19-24(29(34)35)23-13-14-27-26(18-23)32(17-8-4-2-1-3-7-16-31-28)20-30(21-36-27)15-9-11-22-10-5-6-12-25(22)30/h3,5-7,10,12-14,18,24H,1-2,4,8-9,11,15-17,19-21H2,(H,31,33)(H,34,35). The van der Waals surface area contributed by atoms with Crippen LogP contribution in [0.3, 0.4) is 0 Å². The molecule has 0 saturated heterocycles. The topological polar surface area (TPSA) is 78.9 Å². The first-order valence-corrected chi connectivity index (χ1v) is 13.3. The second kappa shape index (κ2) is 10.8. The minimum atomic E-state index is -0.986. The normalized spacial score (nSPS) is 24.8. The smallest absolute Gasteiger partial charge is 0.311 e. The fourth-order valence-corrected chi connectivity index (χ4v) is 6.07. The summed E-state index contributed by atoms with van der Waals surface area (Å²) in [5, 5.41) is 12.8. The fourth-order valence-electron chi connectivity index (χ4n) is 6.07. The number of ether oxygens (including phenoxy) is 1.